The van der Waals surface area contributed by atoms with Crippen molar-refractivity contribution >= 4 is 11.3 Å². The van der Waals surface area contributed by atoms with E-state index in [1.165, 1.54) is 5.56 Å². The van der Waals surface area contributed by atoms with Crippen LogP contribution in [0.25, 0.3) is 0 Å². The predicted octanol–water partition coefficient (Wildman–Crippen LogP) is 3.28. The van der Waals surface area contributed by atoms with Gasteiger partial charge in [-0.1, -0.05) is 0 Å². The van der Waals surface area contributed by atoms with E-state index in [1.54, 1.807) is 0 Å². The molecule has 0 atom stereocenters. The van der Waals surface area contributed by atoms with Gasteiger partial charge in [-0.25, -0.2) is 0 Å². The summed E-state index contributed by atoms with van der Waals surface area (Å²) in [5.74, 6) is 0.407. The van der Waals surface area contributed by atoms with Crippen LogP contribution in [0.5, 0.6) is 5.75 Å². The van der Waals surface area contributed by atoms with E-state index >= 15 is 0 Å². The van der Waals surface area contributed by atoms with Crippen LogP contribution in [-0.2, 0) is 35.2 Å². The summed E-state index contributed by atoms with van der Waals surface area (Å²) >= 11 is -1.59. The molecule has 0 aliphatic carbocycles. The molecule has 0 radical (unpaired) electrons. The van der Waals surface area contributed by atoms with Gasteiger partial charge in [-0.3, -0.25) is 0 Å². The number of hydrogen-bond donors (Lipinski definition) is 1. The molecule has 1 N–H and O–H groups in total. The van der Waals surface area contributed by atoms with Crippen LogP contribution in [0.1, 0.15) is 31.9 Å². The monoisotopic (exact) mass is 426 g/mol. The van der Waals surface area contributed by atoms with Gasteiger partial charge in [0.1, 0.15) is 0 Å². The Morgan fingerprint density at radius 3 is 2.50 bits per heavy atom. The number of phenolic OH excluding ortho intramolecular Hbond substituents is 1. The van der Waals surface area contributed by atoms with Gasteiger partial charge in [-0.05, 0) is 0 Å². The second-order valence-electron chi connectivity index (χ2n) is 5.02. The van der Waals surface area contributed by atoms with Gasteiger partial charge in [0.25, 0.3) is 0 Å². The normalized spacial score (nSPS) is 11.0. The summed E-state index contributed by atoms with van der Waals surface area (Å²) in [5, 5.41) is 10.0. The van der Waals surface area contributed by atoms with E-state index in [2.05, 4.69) is 39.5 Å². The van der Waals surface area contributed by atoms with Gasteiger partial charge in [-0.2, -0.15) is 0 Å². The van der Waals surface area contributed by atoms with Crippen molar-refractivity contribution in [3.8, 4) is 5.75 Å². The molecule has 0 saturated carbocycles. The van der Waals surface area contributed by atoms with Crippen molar-refractivity contribution < 1.29 is 28.4 Å². The summed E-state index contributed by atoms with van der Waals surface area (Å²) in [6.45, 7) is 10.2. The van der Waals surface area contributed by atoms with Gasteiger partial charge < -0.3 is 0 Å². The molecule has 0 aliphatic heterocycles. The van der Waals surface area contributed by atoms with Crippen LogP contribution in [0.3, 0.4) is 0 Å². The summed E-state index contributed by atoms with van der Waals surface area (Å²) in [4.78, 5) is 0. The summed E-state index contributed by atoms with van der Waals surface area (Å²) in [6.07, 6.45) is 2.52. The first kappa shape index (κ1) is 14.0. The van der Waals surface area contributed by atoms with E-state index in [-0.39, 0.29) is 5.41 Å². The summed E-state index contributed by atoms with van der Waals surface area (Å²) in [7, 11) is 6.06. The standard InChI is InChI=1S/C13H17O.ClH.Hg/c1-5-6-10-9-11(13(2,3)4)7-8-12(10)14;;/h5,7,9,14H,1,6H2,2-4H3;1H;/q;;+1/p-1. The topological polar surface area (TPSA) is 20.2 Å². The second kappa shape index (κ2) is 5.55. The average Bonchev–Trinajstić information content (AvgIpc) is 2.19. The van der Waals surface area contributed by atoms with Crippen molar-refractivity contribution in [2.75, 3.05) is 0 Å². The maximum absolute atomic E-state index is 10.0. The summed E-state index contributed by atoms with van der Waals surface area (Å²) < 4.78 is 1.02. The zero-order chi connectivity index (χ0) is 12.3. The summed E-state index contributed by atoms with van der Waals surface area (Å²) in [6, 6.07) is 4.15. The Kier molecular flexibility index (Phi) is 4.87. The molecule has 0 aromatic heterocycles. The van der Waals surface area contributed by atoms with Gasteiger partial charge in [0.15, 0.2) is 0 Å². The van der Waals surface area contributed by atoms with E-state index in [4.69, 9.17) is 8.25 Å². The van der Waals surface area contributed by atoms with Crippen molar-refractivity contribution in [3.63, 3.8) is 0 Å². The van der Waals surface area contributed by atoms with Crippen LogP contribution in [0.15, 0.2) is 24.8 Å². The number of phenols is 1. The molecule has 1 rings (SSSR count). The Morgan fingerprint density at radius 2 is 2.06 bits per heavy atom. The molecule has 0 unspecified atom stereocenters. The average molecular weight is 425 g/mol. The zero-order valence-corrected chi connectivity index (χ0v) is 16.4. The molecule has 1 nitrogen and oxygen atoms in total. The minimum absolute atomic E-state index is 0.0955. The van der Waals surface area contributed by atoms with Crippen molar-refractivity contribution in [2.45, 2.75) is 32.6 Å². The van der Waals surface area contributed by atoms with Crippen LogP contribution in [-0.4, -0.2) is 5.11 Å². The van der Waals surface area contributed by atoms with Crippen LogP contribution < -0.4 is 3.07 Å². The van der Waals surface area contributed by atoms with Crippen LogP contribution in [0.2, 0.25) is 0 Å². The number of hydrogen-bond acceptors (Lipinski definition) is 1. The molecule has 84 valence electrons. The quantitative estimate of drug-likeness (QED) is 0.582. The Hall–Kier alpha value is -0.0149. The molecule has 0 aliphatic rings. The molecule has 0 spiro atoms. The molecule has 0 heterocycles. The number of aromatic hydroxyl groups is 1. The molecular formula is C13H17ClHgO. The first-order valence-corrected chi connectivity index (χ1v) is 14.9. The molecule has 1 aromatic rings. The minimum atomic E-state index is -1.59. The molecular weight excluding hydrogens is 408 g/mol. The van der Waals surface area contributed by atoms with Crippen molar-refractivity contribution in [1.29, 1.82) is 0 Å². The van der Waals surface area contributed by atoms with Gasteiger partial charge >= 0.3 is 114 Å². The third kappa shape index (κ3) is 3.24. The fraction of sp³-hybridized carbons (Fsp3) is 0.385. The van der Waals surface area contributed by atoms with Gasteiger partial charge in [0.2, 0.25) is 0 Å². The SMILES string of the molecule is C=CCc1cc(C(C)(C)C)c[c]([Hg][Cl])c1O. The third-order valence-corrected chi connectivity index (χ3v) is 8.38. The van der Waals surface area contributed by atoms with E-state index in [1.807, 2.05) is 6.08 Å². The number of benzene rings is 1. The molecule has 1 aromatic carbocycles. The van der Waals surface area contributed by atoms with Crippen molar-refractivity contribution in [1.82, 2.24) is 0 Å². The van der Waals surface area contributed by atoms with Gasteiger partial charge in [0, 0.05) is 0 Å². The van der Waals surface area contributed by atoms with Gasteiger partial charge in [-0.15, -0.1) is 0 Å². The first-order chi connectivity index (χ1) is 7.40. The molecule has 0 bridgehead atoms. The third-order valence-electron chi connectivity index (χ3n) is 2.64. The van der Waals surface area contributed by atoms with E-state index in [0.717, 1.165) is 8.64 Å². The Morgan fingerprint density at radius 1 is 1.44 bits per heavy atom. The van der Waals surface area contributed by atoms with Crippen LogP contribution in [0, 0.1) is 0 Å². The van der Waals surface area contributed by atoms with Crippen molar-refractivity contribution in [3.05, 3.63) is 35.9 Å². The summed E-state index contributed by atoms with van der Waals surface area (Å²) in [5.41, 5.74) is 2.30. The maximum atomic E-state index is 10.0. The Labute approximate surface area is 113 Å². The van der Waals surface area contributed by atoms with E-state index in [0.29, 0.717) is 12.2 Å². The van der Waals surface area contributed by atoms with Crippen LogP contribution >= 0.6 is 8.25 Å². The molecule has 3 heteroatoms. The first-order valence-electron chi connectivity index (χ1n) is 5.42. The second-order valence-corrected chi connectivity index (χ2v) is 11.4. The Balaban J connectivity index is 3.33. The molecule has 0 fully saturated rings. The zero-order valence-electron chi connectivity index (χ0n) is 10.2. The Bertz CT molecular complexity index is 394. The fourth-order valence-corrected chi connectivity index (χ4v) is 5.92. The molecule has 0 amide bonds. The molecule has 0 saturated heterocycles. The van der Waals surface area contributed by atoms with E-state index in [9.17, 15) is 5.11 Å². The fourth-order valence-electron chi connectivity index (χ4n) is 1.61. The van der Waals surface area contributed by atoms with Crippen molar-refractivity contribution in [2.24, 2.45) is 0 Å². The number of allylic oxidation sites excluding steroid dienone is 1. The van der Waals surface area contributed by atoms with Crippen LogP contribution in [0.4, 0.5) is 0 Å². The number of halogens is 1. The van der Waals surface area contributed by atoms with E-state index < -0.39 is 23.3 Å². The van der Waals surface area contributed by atoms with Gasteiger partial charge in [0.05, 0.1) is 0 Å². The predicted molar refractivity (Wildman–Crippen MR) is 66.2 cm³/mol. The molecule has 16 heavy (non-hydrogen) atoms. The number of rotatable bonds is 3.